The summed E-state index contributed by atoms with van der Waals surface area (Å²) in [5, 5.41) is 2.52. The van der Waals surface area contributed by atoms with Crippen LogP contribution in [0.15, 0.2) is 41.3 Å². The third-order valence-corrected chi connectivity index (χ3v) is 7.25. The second-order valence-electron chi connectivity index (χ2n) is 6.81. The molecule has 0 aliphatic carbocycles. The number of piperidine rings is 1. The minimum Gasteiger partial charge on any atom is -0.322 e. The Labute approximate surface area is 173 Å². The van der Waals surface area contributed by atoms with Crippen LogP contribution in [0.1, 0.15) is 30.1 Å². The van der Waals surface area contributed by atoms with Crippen LogP contribution in [0.2, 0.25) is 10.0 Å². The van der Waals surface area contributed by atoms with Crippen LogP contribution in [0.3, 0.4) is 0 Å². The Morgan fingerprint density at radius 3 is 2.43 bits per heavy atom. The summed E-state index contributed by atoms with van der Waals surface area (Å²) in [5.74, 6) is -0.737. The van der Waals surface area contributed by atoms with E-state index in [1.165, 1.54) is 34.6 Å². The number of nitrogens with one attached hydrogen (secondary N) is 1. The molecule has 150 valence electrons. The fourth-order valence-corrected chi connectivity index (χ4v) is 4.87. The highest BCUT2D eigenvalue weighted by molar-refractivity contribution is 7.89. The van der Waals surface area contributed by atoms with Gasteiger partial charge in [0.1, 0.15) is 5.82 Å². The van der Waals surface area contributed by atoms with E-state index in [1.54, 1.807) is 0 Å². The lowest BCUT2D eigenvalue weighted by Gasteiger charge is -2.29. The lowest BCUT2D eigenvalue weighted by Crippen LogP contribution is -2.37. The Morgan fingerprint density at radius 2 is 1.79 bits per heavy atom. The summed E-state index contributed by atoms with van der Waals surface area (Å²) in [6, 6.07) is 7.77. The minimum absolute atomic E-state index is 0.00793. The number of hydrogen-bond acceptors (Lipinski definition) is 3. The molecule has 0 unspecified atom stereocenters. The van der Waals surface area contributed by atoms with Crippen molar-refractivity contribution in [3.8, 4) is 0 Å². The first-order chi connectivity index (χ1) is 13.2. The van der Waals surface area contributed by atoms with Gasteiger partial charge >= 0.3 is 0 Å². The Balaban J connectivity index is 1.86. The van der Waals surface area contributed by atoms with Gasteiger partial charge in [-0.3, -0.25) is 4.79 Å². The van der Waals surface area contributed by atoms with Gasteiger partial charge in [0.15, 0.2) is 0 Å². The summed E-state index contributed by atoms with van der Waals surface area (Å²) >= 11 is 11.8. The second-order valence-corrected chi connectivity index (χ2v) is 9.56. The summed E-state index contributed by atoms with van der Waals surface area (Å²) in [5.41, 5.74) is 0.277. The predicted molar refractivity (Wildman–Crippen MR) is 108 cm³/mol. The van der Waals surface area contributed by atoms with Crippen LogP contribution in [0.4, 0.5) is 10.1 Å². The SMILES string of the molecule is CC1CCN(S(=O)(=O)c2ccc(Cl)c(C(=O)Nc3ccc(F)c(Cl)c3)c2)CC1. The Bertz CT molecular complexity index is 1010. The van der Waals surface area contributed by atoms with Crippen molar-refractivity contribution in [1.82, 2.24) is 4.31 Å². The number of halogens is 3. The molecule has 0 saturated carbocycles. The topological polar surface area (TPSA) is 66.5 Å². The van der Waals surface area contributed by atoms with Gasteiger partial charge in [-0.05, 0) is 55.2 Å². The maximum absolute atomic E-state index is 13.3. The van der Waals surface area contributed by atoms with Crippen LogP contribution in [0.5, 0.6) is 0 Å². The molecule has 2 aromatic carbocycles. The van der Waals surface area contributed by atoms with Crippen molar-refractivity contribution in [3.05, 3.63) is 57.8 Å². The van der Waals surface area contributed by atoms with Gasteiger partial charge < -0.3 is 5.32 Å². The third-order valence-electron chi connectivity index (χ3n) is 4.74. The van der Waals surface area contributed by atoms with Crippen LogP contribution in [-0.2, 0) is 10.0 Å². The van der Waals surface area contributed by atoms with Gasteiger partial charge in [0.05, 0.1) is 20.5 Å². The molecule has 3 rings (SSSR count). The smallest absolute Gasteiger partial charge is 0.257 e. The lowest BCUT2D eigenvalue weighted by molar-refractivity contribution is 0.102. The van der Waals surface area contributed by atoms with Crippen molar-refractivity contribution in [2.75, 3.05) is 18.4 Å². The number of hydrogen-bond donors (Lipinski definition) is 1. The number of sulfonamides is 1. The summed E-state index contributed by atoms with van der Waals surface area (Å²) in [6.07, 6.45) is 1.59. The highest BCUT2D eigenvalue weighted by Crippen LogP contribution is 2.27. The zero-order valence-electron chi connectivity index (χ0n) is 15.1. The van der Waals surface area contributed by atoms with E-state index < -0.39 is 21.7 Å². The molecule has 1 heterocycles. The number of carbonyl (C=O) groups excluding carboxylic acids is 1. The second kappa shape index (κ2) is 8.37. The first-order valence-electron chi connectivity index (χ1n) is 8.74. The molecule has 28 heavy (non-hydrogen) atoms. The average Bonchev–Trinajstić information content (AvgIpc) is 2.65. The fraction of sp³-hybridized carbons (Fsp3) is 0.316. The highest BCUT2D eigenvalue weighted by Gasteiger charge is 2.29. The zero-order chi connectivity index (χ0) is 20.5. The van der Waals surface area contributed by atoms with Crippen molar-refractivity contribution < 1.29 is 17.6 Å². The molecule has 1 N–H and O–H groups in total. The molecule has 9 heteroatoms. The van der Waals surface area contributed by atoms with Crippen molar-refractivity contribution in [1.29, 1.82) is 0 Å². The van der Waals surface area contributed by atoms with Crippen molar-refractivity contribution in [2.24, 2.45) is 5.92 Å². The first-order valence-corrected chi connectivity index (χ1v) is 10.9. The number of nitrogens with zero attached hydrogens (tertiary/aromatic N) is 1. The monoisotopic (exact) mass is 444 g/mol. The van der Waals surface area contributed by atoms with Crippen molar-refractivity contribution >= 4 is 44.8 Å². The molecular formula is C19H19Cl2FN2O3S. The molecule has 5 nitrogen and oxygen atoms in total. The summed E-state index contributed by atoms with van der Waals surface area (Å²) in [7, 11) is -3.72. The molecule has 2 aromatic rings. The van der Waals surface area contributed by atoms with Gasteiger partial charge in [-0.2, -0.15) is 4.31 Å². The quantitative estimate of drug-likeness (QED) is 0.735. The number of benzene rings is 2. The maximum atomic E-state index is 13.3. The Hall–Kier alpha value is -1.67. The number of rotatable bonds is 4. The van der Waals surface area contributed by atoms with E-state index in [0.717, 1.165) is 18.9 Å². The summed E-state index contributed by atoms with van der Waals surface area (Å²) in [6.45, 7) is 2.99. The van der Waals surface area contributed by atoms with Gasteiger partial charge in [-0.15, -0.1) is 0 Å². The van der Waals surface area contributed by atoms with Gasteiger partial charge in [0.2, 0.25) is 10.0 Å². The Kier molecular flexibility index (Phi) is 6.29. The molecule has 0 aromatic heterocycles. The third kappa shape index (κ3) is 4.49. The lowest BCUT2D eigenvalue weighted by atomic mass is 10.0. The molecule has 1 saturated heterocycles. The molecule has 1 amide bonds. The predicted octanol–water partition coefficient (Wildman–Crippen LogP) is 4.81. The van der Waals surface area contributed by atoms with Crippen LogP contribution >= 0.6 is 23.2 Å². The highest BCUT2D eigenvalue weighted by atomic mass is 35.5. The van der Waals surface area contributed by atoms with E-state index in [-0.39, 0.29) is 26.2 Å². The molecule has 1 fully saturated rings. The first kappa shape index (κ1) is 21.0. The van der Waals surface area contributed by atoms with E-state index >= 15 is 0 Å². The van der Waals surface area contributed by atoms with E-state index in [0.29, 0.717) is 19.0 Å². The standard InChI is InChI=1S/C19H19Cl2FN2O3S/c1-12-6-8-24(9-7-12)28(26,27)14-3-4-16(20)15(11-14)19(25)23-13-2-5-18(22)17(21)10-13/h2-5,10-12H,6-9H2,1H3,(H,23,25). The molecule has 0 atom stereocenters. The zero-order valence-corrected chi connectivity index (χ0v) is 17.4. The van der Waals surface area contributed by atoms with E-state index in [9.17, 15) is 17.6 Å². The van der Waals surface area contributed by atoms with Crippen molar-refractivity contribution in [3.63, 3.8) is 0 Å². The molecule has 0 bridgehead atoms. The van der Waals surface area contributed by atoms with E-state index in [2.05, 4.69) is 12.2 Å². The maximum Gasteiger partial charge on any atom is 0.257 e. The molecule has 0 radical (unpaired) electrons. The van der Waals surface area contributed by atoms with Gasteiger partial charge in [-0.25, -0.2) is 12.8 Å². The van der Waals surface area contributed by atoms with Crippen LogP contribution in [0.25, 0.3) is 0 Å². The van der Waals surface area contributed by atoms with Gasteiger partial charge in [0.25, 0.3) is 5.91 Å². The summed E-state index contributed by atoms with van der Waals surface area (Å²) < 4.78 is 40.5. The number of anilines is 1. The van der Waals surface area contributed by atoms with E-state index in [4.69, 9.17) is 23.2 Å². The number of carbonyl (C=O) groups is 1. The Morgan fingerprint density at radius 1 is 1.11 bits per heavy atom. The minimum atomic E-state index is -3.72. The molecule has 0 spiro atoms. The average molecular weight is 445 g/mol. The molecular weight excluding hydrogens is 426 g/mol. The van der Waals surface area contributed by atoms with Crippen molar-refractivity contribution in [2.45, 2.75) is 24.7 Å². The largest absolute Gasteiger partial charge is 0.322 e. The van der Waals surface area contributed by atoms with Gasteiger partial charge in [0, 0.05) is 18.8 Å². The summed E-state index contributed by atoms with van der Waals surface area (Å²) in [4.78, 5) is 12.6. The molecule has 1 aliphatic heterocycles. The molecule has 1 aliphatic rings. The number of amides is 1. The van der Waals surface area contributed by atoms with Crippen LogP contribution in [0, 0.1) is 11.7 Å². The van der Waals surface area contributed by atoms with Crippen LogP contribution in [-0.4, -0.2) is 31.7 Å². The van der Waals surface area contributed by atoms with Gasteiger partial charge in [-0.1, -0.05) is 30.1 Å². The van der Waals surface area contributed by atoms with E-state index in [1.807, 2.05) is 0 Å². The van der Waals surface area contributed by atoms with Crippen LogP contribution < -0.4 is 5.32 Å². The fourth-order valence-electron chi connectivity index (χ4n) is 2.99. The normalized spacial score (nSPS) is 16.1.